The van der Waals surface area contributed by atoms with Crippen molar-refractivity contribution in [3.05, 3.63) is 43.2 Å². The van der Waals surface area contributed by atoms with Gasteiger partial charge in [-0.15, -0.1) is 0 Å². The van der Waals surface area contributed by atoms with Gasteiger partial charge in [-0.2, -0.15) is 4.31 Å². The standard InChI is InChI=1S/C14H18N4O2S/c19-21(20,14-2-1-5-15-10-14)18-7-3-13(4-8-18)11-17-9-6-16-12-17/h1-2,5-6,9-10,12-13H,3-4,7-8,11H2. The Morgan fingerprint density at radius 2 is 2.00 bits per heavy atom. The number of imidazole rings is 1. The lowest BCUT2D eigenvalue weighted by atomic mass is 9.98. The fourth-order valence-electron chi connectivity index (χ4n) is 2.67. The van der Waals surface area contributed by atoms with Gasteiger partial charge in [0.05, 0.1) is 6.33 Å². The highest BCUT2D eigenvalue weighted by molar-refractivity contribution is 7.89. The van der Waals surface area contributed by atoms with Gasteiger partial charge in [0.2, 0.25) is 10.0 Å². The van der Waals surface area contributed by atoms with Crippen LogP contribution in [0.5, 0.6) is 0 Å². The van der Waals surface area contributed by atoms with Crippen molar-refractivity contribution in [2.45, 2.75) is 24.3 Å². The Bertz CT molecular complexity index is 662. The number of nitrogens with zero attached hydrogens (tertiary/aromatic N) is 4. The molecule has 0 spiro atoms. The Balaban J connectivity index is 1.63. The van der Waals surface area contributed by atoms with Crippen molar-refractivity contribution in [1.82, 2.24) is 18.8 Å². The molecule has 0 radical (unpaired) electrons. The van der Waals surface area contributed by atoms with Crippen molar-refractivity contribution >= 4 is 10.0 Å². The summed E-state index contributed by atoms with van der Waals surface area (Å²) in [7, 11) is -3.40. The molecule has 3 rings (SSSR count). The number of pyridine rings is 1. The smallest absolute Gasteiger partial charge is 0.244 e. The molecule has 1 aliphatic heterocycles. The van der Waals surface area contributed by atoms with Crippen LogP contribution in [0.15, 0.2) is 48.1 Å². The lowest BCUT2D eigenvalue weighted by Gasteiger charge is -2.31. The normalized spacial score (nSPS) is 17.9. The van der Waals surface area contributed by atoms with Crippen LogP contribution in [0.25, 0.3) is 0 Å². The third-order valence-corrected chi connectivity index (χ3v) is 5.76. The maximum Gasteiger partial charge on any atom is 0.244 e. The van der Waals surface area contributed by atoms with Gasteiger partial charge < -0.3 is 4.57 Å². The van der Waals surface area contributed by atoms with Crippen molar-refractivity contribution in [3.8, 4) is 0 Å². The van der Waals surface area contributed by atoms with E-state index in [1.165, 1.54) is 6.20 Å². The quantitative estimate of drug-likeness (QED) is 0.856. The van der Waals surface area contributed by atoms with Crippen LogP contribution in [0.1, 0.15) is 12.8 Å². The Morgan fingerprint density at radius 1 is 1.19 bits per heavy atom. The summed E-state index contributed by atoms with van der Waals surface area (Å²) < 4.78 is 28.6. The average Bonchev–Trinajstić information content (AvgIpc) is 3.02. The second-order valence-corrected chi connectivity index (χ2v) is 7.23. The third-order valence-electron chi connectivity index (χ3n) is 3.87. The van der Waals surface area contributed by atoms with Crippen LogP contribution >= 0.6 is 0 Å². The van der Waals surface area contributed by atoms with E-state index in [1.807, 2.05) is 6.20 Å². The molecule has 0 unspecified atom stereocenters. The first-order valence-corrected chi connectivity index (χ1v) is 8.46. The summed E-state index contributed by atoms with van der Waals surface area (Å²) >= 11 is 0. The number of aromatic nitrogens is 3. The molecule has 7 heteroatoms. The minimum atomic E-state index is -3.40. The van der Waals surface area contributed by atoms with E-state index in [-0.39, 0.29) is 4.90 Å². The number of hydrogen-bond donors (Lipinski definition) is 0. The minimum Gasteiger partial charge on any atom is -0.337 e. The zero-order chi connectivity index (χ0) is 14.7. The van der Waals surface area contributed by atoms with E-state index >= 15 is 0 Å². The largest absolute Gasteiger partial charge is 0.337 e. The summed E-state index contributed by atoms with van der Waals surface area (Å²) in [5.41, 5.74) is 0. The molecule has 0 amide bonds. The Hall–Kier alpha value is -1.73. The van der Waals surface area contributed by atoms with Gasteiger partial charge in [-0.25, -0.2) is 13.4 Å². The van der Waals surface area contributed by atoms with Crippen LogP contribution in [0.2, 0.25) is 0 Å². The number of sulfonamides is 1. The monoisotopic (exact) mass is 306 g/mol. The van der Waals surface area contributed by atoms with Crippen LogP contribution in [-0.4, -0.2) is 40.3 Å². The summed E-state index contributed by atoms with van der Waals surface area (Å²) in [6, 6.07) is 3.25. The molecule has 0 aliphatic carbocycles. The van der Waals surface area contributed by atoms with Crippen molar-refractivity contribution in [2.24, 2.45) is 5.92 Å². The van der Waals surface area contributed by atoms with E-state index in [1.54, 1.807) is 35.2 Å². The van der Waals surface area contributed by atoms with Gasteiger partial charge in [-0.05, 0) is 30.9 Å². The summed E-state index contributed by atoms with van der Waals surface area (Å²) in [6.07, 6.45) is 10.2. The van der Waals surface area contributed by atoms with Crippen LogP contribution in [0, 0.1) is 5.92 Å². The van der Waals surface area contributed by atoms with Crippen molar-refractivity contribution < 1.29 is 8.42 Å². The Morgan fingerprint density at radius 3 is 2.62 bits per heavy atom. The highest BCUT2D eigenvalue weighted by Crippen LogP contribution is 2.24. The van der Waals surface area contributed by atoms with Gasteiger partial charge in [0.1, 0.15) is 4.90 Å². The molecule has 3 heterocycles. The highest BCUT2D eigenvalue weighted by Gasteiger charge is 2.29. The topological polar surface area (TPSA) is 68.1 Å². The molecule has 1 fully saturated rings. The molecule has 2 aromatic heterocycles. The van der Waals surface area contributed by atoms with Crippen LogP contribution < -0.4 is 0 Å². The Labute approximate surface area is 124 Å². The van der Waals surface area contributed by atoms with Gasteiger partial charge in [-0.1, -0.05) is 0 Å². The molecule has 1 saturated heterocycles. The molecular formula is C14H18N4O2S. The molecule has 1 aliphatic rings. The second kappa shape index (κ2) is 5.95. The van der Waals surface area contributed by atoms with Gasteiger partial charge in [0.15, 0.2) is 0 Å². The summed E-state index contributed by atoms with van der Waals surface area (Å²) in [5.74, 6) is 0.500. The van der Waals surface area contributed by atoms with Gasteiger partial charge >= 0.3 is 0 Å². The zero-order valence-electron chi connectivity index (χ0n) is 11.7. The minimum absolute atomic E-state index is 0.276. The highest BCUT2D eigenvalue weighted by atomic mass is 32.2. The van der Waals surface area contributed by atoms with E-state index < -0.39 is 10.0 Å². The van der Waals surface area contributed by atoms with Gasteiger partial charge in [-0.3, -0.25) is 4.98 Å². The van der Waals surface area contributed by atoms with E-state index in [0.717, 1.165) is 19.4 Å². The fourth-order valence-corrected chi connectivity index (χ4v) is 4.11. The summed E-state index contributed by atoms with van der Waals surface area (Å²) in [5, 5.41) is 0. The summed E-state index contributed by atoms with van der Waals surface area (Å²) in [4.78, 5) is 8.20. The lowest BCUT2D eigenvalue weighted by Crippen LogP contribution is -2.39. The maximum absolute atomic E-state index is 12.5. The zero-order valence-corrected chi connectivity index (χ0v) is 12.5. The maximum atomic E-state index is 12.5. The van der Waals surface area contributed by atoms with Crippen molar-refractivity contribution in [2.75, 3.05) is 13.1 Å². The molecule has 0 atom stereocenters. The van der Waals surface area contributed by atoms with E-state index in [2.05, 4.69) is 14.5 Å². The molecule has 21 heavy (non-hydrogen) atoms. The van der Waals surface area contributed by atoms with E-state index in [4.69, 9.17) is 0 Å². The first kappa shape index (κ1) is 14.2. The predicted molar refractivity (Wildman–Crippen MR) is 77.9 cm³/mol. The van der Waals surface area contributed by atoms with Crippen molar-refractivity contribution in [3.63, 3.8) is 0 Å². The number of piperidine rings is 1. The third kappa shape index (κ3) is 3.14. The first-order chi connectivity index (χ1) is 10.2. The van der Waals surface area contributed by atoms with Gasteiger partial charge in [0.25, 0.3) is 0 Å². The lowest BCUT2D eigenvalue weighted by molar-refractivity contribution is 0.253. The van der Waals surface area contributed by atoms with Crippen LogP contribution in [0.3, 0.4) is 0 Å². The Kier molecular flexibility index (Phi) is 4.03. The van der Waals surface area contributed by atoms with Gasteiger partial charge in [0, 0.05) is 44.4 Å². The molecule has 6 nitrogen and oxygen atoms in total. The van der Waals surface area contributed by atoms with Crippen LogP contribution in [0.4, 0.5) is 0 Å². The summed E-state index contributed by atoms with van der Waals surface area (Å²) in [6.45, 7) is 2.04. The second-order valence-electron chi connectivity index (χ2n) is 5.30. The molecule has 0 saturated carbocycles. The van der Waals surface area contributed by atoms with Crippen LogP contribution in [-0.2, 0) is 16.6 Å². The van der Waals surface area contributed by atoms with E-state index in [0.29, 0.717) is 19.0 Å². The predicted octanol–water partition coefficient (Wildman–Crippen LogP) is 1.38. The molecule has 0 bridgehead atoms. The molecule has 112 valence electrons. The molecule has 0 aromatic carbocycles. The average molecular weight is 306 g/mol. The van der Waals surface area contributed by atoms with Crippen molar-refractivity contribution in [1.29, 1.82) is 0 Å². The fraction of sp³-hybridized carbons (Fsp3) is 0.429. The molecule has 2 aromatic rings. The van der Waals surface area contributed by atoms with E-state index in [9.17, 15) is 8.42 Å². The first-order valence-electron chi connectivity index (χ1n) is 7.02. The SMILES string of the molecule is O=S(=O)(c1cccnc1)N1CCC(Cn2ccnc2)CC1. The number of hydrogen-bond acceptors (Lipinski definition) is 4. The molecule has 0 N–H and O–H groups in total. The molecular weight excluding hydrogens is 288 g/mol. The number of rotatable bonds is 4.